The van der Waals surface area contributed by atoms with Crippen LogP contribution in [0.1, 0.15) is 65.2 Å². The minimum Gasteiger partial charge on any atom is -0.390 e. The first-order valence-electron chi connectivity index (χ1n) is 11.9. The monoisotopic (exact) mass is 463 g/mol. The highest BCUT2D eigenvalue weighted by atomic mass is 32.2. The Hall–Kier alpha value is -1.71. The number of aromatic amines is 1. The van der Waals surface area contributed by atoms with E-state index in [1.165, 1.54) is 0 Å². The van der Waals surface area contributed by atoms with Gasteiger partial charge in [-0.25, -0.2) is 23.1 Å². The topological polar surface area (TPSA) is 111 Å². The van der Waals surface area contributed by atoms with Crippen LogP contribution in [-0.4, -0.2) is 59.0 Å². The molecule has 32 heavy (non-hydrogen) atoms. The molecule has 9 heteroatoms. The molecule has 0 saturated heterocycles. The third kappa shape index (κ3) is 5.43. The maximum absolute atomic E-state index is 12.8. The first-order valence-corrected chi connectivity index (χ1v) is 13.5. The van der Waals surface area contributed by atoms with Gasteiger partial charge < -0.3 is 15.0 Å². The molecule has 0 radical (unpaired) electrons. The highest BCUT2D eigenvalue weighted by Gasteiger charge is 2.34. The van der Waals surface area contributed by atoms with E-state index in [1.807, 2.05) is 26.1 Å². The van der Waals surface area contributed by atoms with Gasteiger partial charge in [0, 0.05) is 25.3 Å². The van der Waals surface area contributed by atoms with Crippen molar-refractivity contribution in [2.45, 2.75) is 82.9 Å². The van der Waals surface area contributed by atoms with Gasteiger partial charge in [0.05, 0.1) is 16.7 Å². The van der Waals surface area contributed by atoms with Crippen molar-refractivity contribution in [2.75, 3.05) is 17.7 Å². The van der Waals surface area contributed by atoms with Crippen LogP contribution < -0.4 is 9.62 Å². The third-order valence-electron chi connectivity index (χ3n) is 7.56. The maximum Gasteiger partial charge on any atom is 0.212 e. The van der Waals surface area contributed by atoms with E-state index >= 15 is 0 Å². The molecule has 0 aliphatic heterocycles. The van der Waals surface area contributed by atoms with Crippen molar-refractivity contribution in [3.05, 3.63) is 18.6 Å². The van der Waals surface area contributed by atoms with Crippen LogP contribution in [0, 0.1) is 11.8 Å². The standard InChI is InChI=1S/C23H37N5O3S/c1-23(2,29)17-6-8-18(9-7-17)27-32(30,31)14-16-4-10-19(11-5-16)28(3)22-20-12-13-24-21(20)25-15-26-22/h12-13,15-19,27,29H,4-11,14H2,1-3H3,(H,24,25,26)/t16-,17-,18-,19-. The maximum atomic E-state index is 12.8. The average Bonchev–Trinajstić information content (AvgIpc) is 3.22. The predicted molar refractivity (Wildman–Crippen MR) is 127 cm³/mol. The second-order valence-electron chi connectivity index (χ2n) is 10.3. The summed E-state index contributed by atoms with van der Waals surface area (Å²) in [5.41, 5.74) is 0.151. The number of aliphatic hydroxyl groups is 1. The fraction of sp³-hybridized carbons (Fsp3) is 0.739. The molecule has 178 valence electrons. The number of anilines is 1. The molecule has 0 unspecified atom stereocenters. The van der Waals surface area contributed by atoms with Gasteiger partial charge in [-0.15, -0.1) is 0 Å². The lowest BCUT2D eigenvalue weighted by Gasteiger charge is -2.37. The Morgan fingerprint density at radius 3 is 2.47 bits per heavy atom. The van der Waals surface area contributed by atoms with E-state index in [2.05, 4.69) is 31.6 Å². The number of rotatable bonds is 7. The van der Waals surface area contributed by atoms with Crippen molar-refractivity contribution in [3.8, 4) is 0 Å². The molecule has 2 saturated carbocycles. The van der Waals surface area contributed by atoms with Crippen LogP contribution in [0.2, 0.25) is 0 Å². The number of aromatic nitrogens is 3. The highest BCUT2D eigenvalue weighted by molar-refractivity contribution is 7.89. The van der Waals surface area contributed by atoms with Crippen molar-refractivity contribution in [1.29, 1.82) is 0 Å². The quantitative estimate of drug-likeness (QED) is 0.581. The summed E-state index contributed by atoms with van der Waals surface area (Å²) in [4.78, 5) is 14.1. The number of nitrogens with zero attached hydrogens (tertiary/aromatic N) is 3. The minimum absolute atomic E-state index is 0.00240. The summed E-state index contributed by atoms with van der Waals surface area (Å²) >= 11 is 0. The largest absolute Gasteiger partial charge is 0.390 e. The summed E-state index contributed by atoms with van der Waals surface area (Å²) in [6.45, 7) is 3.70. The molecule has 2 aromatic heterocycles. The lowest BCUT2D eigenvalue weighted by Crippen LogP contribution is -2.44. The first-order chi connectivity index (χ1) is 15.1. The van der Waals surface area contributed by atoms with Gasteiger partial charge in [0.2, 0.25) is 10.0 Å². The zero-order chi connectivity index (χ0) is 22.9. The highest BCUT2D eigenvalue weighted by Crippen LogP contribution is 2.34. The summed E-state index contributed by atoms with van der Waals surface area (Å²) < 4.78 is 28.6. The predicted octanol–water partition coefficient (Wildman–Crippen LogP) is 3.20. The van der Waals surface area contributed by atoms with Gasteiger partial charge in [-0.3, -0.25) is 0 Å². The lowest BCUT2D eigenvalue weighted by atomic mass is 9.77. The fourth-order valence-corrected chi connectivity index (χ4v) is 7.34. The molecule has 8 nitrogen and oxygen atoms in total. The Morgan fingerprint density at radius 1 is 1.12 bits per heavy atom. The van der Waals surface area contributed by atoms with Crippen LogP contribution in [0.5, 0.6) is 0 Å². The summed E-state index contributed by atoms with van der Waals surface area (Å²) in [6.07, 6.45) is 10.5. The van der Waals surface area contributed by atoms with Crippen LogP contribution in [-0.2, 0) is 10.0 Å². The molecule has 2 heterocycles. The van der Waals surface area contributed by atoms with Crippen LogP contribution in [0.25, 0.3) is 11.0 Å². The summed E-state index contributed by atoms with van der Waals surface area (Å²) in [6, 6.07) is 2.36. The van der Waals surface area contributed by atoms with Gasteiger partial charge >= 0.3 is 0 Å². The molecule has 2 aliphatic carbocycles. The van der Waals surface area contributed by atoms with Crippen LogP contribution in [0.3, 0.4) is 0 Å². The Kier molecular flexibility index (Phi) is 6.79. The SMILES string of the molecule is CN(c1ncnc2[nH]ccc12)[C@H]1CC[C@H](CS(=O)(=O)N[C@H]2CC[C@H](C(C)(C)O)CC2)CC1. The zero-order valence-corrected chi connectivity index (χ0v) is 20.2. The van der Waals surface area contributed by atoms with Crippen molar-refractivity contribution in [3.63, 3.8) is 0 Å². The number of sulfonamides is 1. The van der Waals surface area contributed by atoms with E-state index in [0.29, 0.717) is 6.04 Å². The van der Waals surface area contributed by atoms with E-state index in [9.17, 15) is 13.5 Å². The molecule has 0 bridgehead atoms. The second-order valence-corrected chi connectivity index (χ2v) is 12.1. The number of hydrogen-bond acceptors (Lipinski definition) is 6. The van der Waals surface area contributed by atoms with Crippen molar-refractivity contribution in [1.82, 2.24) is 19.7 Å². The molecular formula is C23H37N5O3S. The smallest absolute Gasteiger partial charge is 0.212 e. The Balaban J connectivity index is 1.27. The van der Waals surface area contributed by atoms with E-state index in [1.54, 1.807) is 6.33 Å². The molecule has 2 fully saturated rings. The first kappa shape index (κ1) is 23.4. The molecule has 0 aromatic carbocycles. The van der Waals surface area contributed by atoms with Gasteiger partial charge in [0.25, 0.3) is 0 Å². The summed E-state index contributed by atoms with van der Waals surface area (Å²) in [5, 5.41) is 11.2. The molecule has 3 N–H and O–H groups in total. The Labute approximate surface area is 191 Å². The summed E-state index contributed by atoms with van der Waals surface area (Å²) in [5.74, 6) is 1.58. The number of H-pyrrole nitrogens is 1. The molecule has 0 atom stereocenters. The molecule has 2 aliphatic rings. The lowest BCUT2D eigenvalue weighted by molar-refractivity contribution is -0.00183. The second kappa shape index (κ2) is 9.27. The molecule has 2 aromatic rings. The summed E-state index contributed by atoms with van der Waals surface area (Å²) in [7, 11) is -1.22. The van der Waals surface area contributed by atoms with Crippen molar-refractivity contribution >= 4 is 26.9 Å². The van der Waals surface area contributed by atoms with E-state index in [4.69, 9.17) is 0 Å². The third-order valence-corrected chi connectivity index (χ3v) is 9.16. The Morgan fingerprint density at radius 2 is 1.81 bits per heavy atom. The van der Waals surface area contributed by atoms with Gasteiger partial charge in [-0.05, 0) is 83.1 Å². The molecular weight excluding hydrogens is 426 g/mol. The van der Waals surface area contributed by atoms with E-state index < -0.39 is 15.6 Å². The van der Waals surface area contributed by atoms with Gasteiger partial charge in [0.15, 0.2) is 0 Å². The van der Waals surface area contributed by atoms with Crippen LogP contribution in [0.4, 0.5) is 5.82 Å². The van der Waals surface area contributed by atoms with Gasteiger partial charge in [-0.2, -0.15) is 0 Å². The van der Waals surface area contributed by atoms with Gasteiger partial charge in [0.1, 0.15) is 17.8 Å². The van der Waals surface area contributed by atoms with E-state index in [-0.39, 0.29) is 23.6 Å². The fourth-order valence-electron chi connectivity index (χ4n) is 5.54. The molecule has 4 rings (SSSR count). The number of hydrogen-bond donors (Lipinski definition) is 3. The molecule has 0 amide bonds. The number of nitrogens with one attached hydrogen (secondary N) is 2. The van der Waals surface area contributed by atoms with Crippen LogP contribution >= 0.6 is 0 Å². The van der Waals surface area contributed by atoms with Crippen molar-refractivity contribution < 1.29 is 13.5 Å². The average molecular weight is 464 g/mol. The molecule has 0 spiro atoms. The Bertz CT molecular complexity index is 1000. The van der Waals surface area contributed by atoms with Crippen LogP contribution in [0.15, 0.2) is 18.6 Å². The normalized spacial score (nSPS) is 27.5. The number of fused-ring (bicyclic) bond motifs is 1. The minimum atomic E-state index is -3.30. The zero-order valence-electron chi connectivity index (χ0n) is 19.4. The van der Waals surface area contributed by atoms with Gasteiger partial charge in [-0.1, -0.05) is 0 Å². The van der Waals surface area contributed by atoms with E-state index in [0.717, 1.165) is 68.2 Å². The van der Waals surface area contributed by atoms with Crippen molar-refractivity contribution in [2.24, 2.45) is 11.8 Å².